The standard InChI is InChI=1S/C18H17NO2/c1-21-16-8-4-13(5-9-16)11-18(20)15-7-6-14-3-2-10-19-17(14)12-15/h2-10,12,18,20H,11H2,1H3. The molecule has 3 nitrogen and oxygen atoms in total. The van der Waals surface area contributed by atoms with Gasteiger partial charge in [-0.25, -0.2) is 0 Å². The third-order valence-electron chi connectivity index (χ3n) is 3.60. The van der Waals surface area contributed by atoms with Crippen molar-refractivity contribution in [1.29, 1.82) is 0 Å². The van der Waals surface area contributed by atoms with E-state index in [-0.39, 0.29) is 0 Å². The van der Waals surface area contributed by atoms with E-state index in [0.717, 1.165) is 27.8 Å². The minimum atomic E-state index is -0.537. The molecular weight excluding hydrogens is 262 g/mol. The molecule has 0 spiro atoms. The van der Waals surface area contributed by atoms with Gasteiger partial charge in [-0.1, -0.05) is 30.3 Å². The lowest BCUT2D eigenvalue weighted by Gasteiger charge is -2.12. The van der Waals surface area contributed by atoms with Crippen molar-refractivity contribution in [2.45, 2.75) is 12.5 Å². The van der Waals surface area contributed by atoms with Crippen molar-refractivity contribution in [3.8, 4) is 5.75 Å². The minimum absolute atomic E-state index is 0.537. The van der Waals surface area contributed by atoms with Gasteiger partial charge < -0.3 is 9.84 Å². The van der Waals surface area contributed by atoms with Gasteiger partial charge in [0, 0.05) is 18.0 Å². The summed E-state index contributed by atoms with van der Waals surface area (Å²) in [5, 5.41) is 11.5. The zero-order chi connectivity index (χ0) is 14.7. The molecule has 3 aromatic rings. The number of aliphatic hydroxyl groups is 1. The summed E-state index contributed by atoms with van der Waals surface area (Å²) in [4.78, 5) is 4.33. The largest absolute Gasteiger partial charge is 0.497 e. The second-order valence-electron chi connectivity index (χ2n) is 5.02. The van der Waals surface area contributed by atoms with Crippen molar-refractivity contribution in [2.75, 3.05) is 7.11 Å². The van der Waals surface area contributed by atoms with Crippen LogP contribution in [0.1, 0.15) is 17.2 Å². The van der Waals surface area contributed by atoms with Gasteiger partial charge in [0.2, 0.25) is 0 Å². The molecular formula is C18H17NO2. The number of methoxy groups -OCH3 is 1. The van der Waals surface area contributed by atoms with Crippen LogP contribution in [0.2, 0.25) is 0 Å². The summed E-state index contributed by atoms with van der Waals surface area (Å²) in [6.45, 7) is 0. The van der Waals surface area contributed by atoms with Gasteiger partial charge in [0.05, 0.1) is 18.7 Å². The summed E-state index contributed by atoms with van der Waals surface area (Å²) in [6, 6.07) is 17.6. The zero-order valence-corrected chi connectivity index (χ0v) is 11.9. The first-order valence-electron chi connectivity index (χ1n) is 6.92. The van der Waals surface area contributed by atoms with E-state index in [2.05, 4.69) is 4.98 Å². The van der Waals surface area contributed by atoms with Crippen LogP contribution in [0.25, 0.3) is 10.9 Å². The monoisotopic (exact) mass is 279 g/mol. The van der Waals surface area contributed by atoms with Crippen molar-refractivity contribution in [2.24, 2.45) is 0 Å². The number of hydrogen-bond donors (Lipinski definition) is 1. The minimum Gasteiger partial charge on any atom is -0.497 e. The molecule has 0 saturated carbocycles. The highest BCUT2D eigenvalue weighted by Crippen LogP contribution is 2.23. The van der Waals surface area contributed by atoms with E-state index in [9.17, 15) is 5.11 Å². The van der Waals surface area contributed by atoms with E-state index in [0.29, 0.717) is 6.42 Å². The normalized spacial score (nSPS) is 12.3. The van der Waals surface area contributed by atoms with E-state index in [1.54, 1.807) is 13.3 Å². The number of benzene rings is 2. The second-order valence-corrected chi connectivity index (χ2v) is 5.02. The summed E-state index contributed by atoms with van der Waals surface area (Å²) in [7, 11) is 1.64. The molecule has 21 heavy (non-hydrogen) atoms. The number of aromatic nitrogens is 1. The van der Waals surface area contributed by atoms with Gasteiger partial charge in [-0.2, -0.15) is 0 Å². The molecule has 0 radical (unpaired) electrons. The van der Waals surface area contributed by atoms with Gasteiger partial charge in [-0.3, -0.25) is 4.98 Å². The van der Waals surface area contributed by atoms with Gasteiger partial charge in [0.1, 0.15) is 5.75 Å². The quantitative estimate of drug-likeness (QED) is 0.794. The van der Waals surface area contributed by atoms with Crippen LogP contribution in [0, 0.1) is 0 Å². The molecule has 0 aliphatic heterocycles. The second kappa shape index (κ2) is 5.94. The number of ether oxygens (including phenoxy) is 1. The van der Waals surface area contributed by atoms with Gasteiger partial charge in [-0.15, -0.1) is 0 Å². The molecule has 0 saturated heterocycles. The van der Waals surface area contributed by atoms with Crippen LogP contribution in [0.15, 0.2) is 60.8 Å². The van der Waals surface area contributed by atoms with E-state index in [4.69, 9.17) is 4.74 Å². The predicted molar refractivity (Wildman–Crippen MR) is 83.4 cm³/mol. The Morgan fingerprint density at radius 3 is 2.67 bits per heavy atom. The van der Waals surface area contributed by atoms with Crippen LogP contribution in [0.5, 0.6) is 5.75 Å². The van der Waals surface area contributed by atoms with Gasteiger partial charge in [0.25, 0.3) is 0 Å². The fourth-order valence-electron chi connectivity index (χ4n) is 2.39. The Hall–Kier alpha value is -2.39. The number of hydrogen-bond acceptors (Lipinski definition) is 3. The Kier molecular flexibility index (Phi) is 3.84. The van der Waals surface area contributed by atoms with Crippen molar-refractivity contribution in [1.82, 2.24) is 4.98 Å². The molecule has 106 valence electrons. The first kappa shape index (κ1) is 13.6. The first-order valence-corrected chi connectivity index (χ1v) is 6.92. The molecule has 1 unspecified atom stereocenters. The van der Waals surface area contributed by atoms with Crippen molar-refractivity contribution >= 4 is 10.9 Å². The van der Waals surface area contributed by atoms with Gasteiger partial charge in [-0.05, 0) is 35.4 Å². The molecule has 0 amide bonds. The van der Waals surface area contributed by atoms with E-state index in [1.807, 2.05) is 54.6 Å². The molecule has 0 fully saturated rings. The summed E-state index contributed by atoms with van der Waals surface area (Å²) >= 11 is 0. The van der Waals surface area contributed by atoms with E-state index >= 15 is 0 Å². The lowest BCUT2D eigenvalue weighted by Crippen LogP contribution is -2.02. The Labute approximate surface area is 123 Å². The molecule has 1 heterocycles. The maximum Gasteiger partial charge on any atom is 0.118 e. The van der Waals surface area contributed by atoms with Crippen LogP contribution < -0.4 is 4.74 Å². The molecule has 3 heteroatoms. The summed E-state index contributed by atoms with van der Waals surface area (Å²) in [5.74, 6) is 0.822. The number of nitrogens with zero attached hydrogens (tertiary/aromatic N) is 1. The van der Waals surface area contributed by atoms with E-state index in [1.165, 1.54) is 0 Å². The Morgan fingerprint density at radius 1 is 1.10 bits per heavy atom. The molecule has 1 N–H and O–H groups in total. The highest BCUT2D eigenvalue weighted by atomic mass is 16.5. The Balaban J connectivity index is 1.80. The highest BCUT2D eigenvalue weighted by molar-refractivity contribution is 5.78. The molecule has 0 aliphatic carbocycles. The van der Waals surface area contributed by atoms with Crippen molar-refractivity contribution in [3.05, 3.63) is 71.9 Å². The van der Waals surface area contributed by atoms with Crippen LogP contribution in [-0.4, -0.2) is 17.2 Å². The van der Waals surface area contributed by atoms with Crippen molar-refractivity contribution in [3.63, 3.8) is 0 Å². The molecule has 2 aromatic carbocycles. The Morgan fingerprint density at radius 2 is 1.90 bits per heavy atom. The number of aliphatic hydroxyl groups excluding tert-OH is 1. The molecule has 3 rings (SSSR count). The first-order chi connectivity index (χ1) is 10.3. The van der Waals surface area contributed by atoms with Crippen molar-refractivity contribution < 1.29 is 9.84 Å². The fraction of sp³-hybridized carbons (Fsp3) is 0.167. The summed E-state index contributed by atoms with van der Waals surface area (Å²) < 4.78 is 5.14. The predicted octanol–water partition coefficient (Wildman–Crippen LogP) is 3.52. The van der Waals surface area contributed by atoms with Crippen LogP contribution >= 0.6 is 0 Å². The van der Waals surface area contributed by atoms with E-state index < -0.39 is 6.10 Å². The van der Waals surface area contributed by atoms with Gasteiger partial charge in [0.15, 0.2) is 0 Å². The third kappa shape index (κ3) is 3.03. The number of fused-ring (bicyclic) bond motifs is 1. The topological polar surface area (TPSA) is 42.4 Å². The lowest BCUT2D eigenvalue weighted by atomic mass is 10.00. The zero-order valence-electron chi connectivity index (χ0n) is 11.9. The van der Waals surface area contributed by atoms with Crippen LogP contribution in [0.3, 0.4) is 0 Å². The SMILES string of the molecule is COc1ccc(CC(O)c2ccc3cccnc3c2)cc1. The molecule has 1 atom stereocenters. The fourth-order valence-corrected chi connectivity index (χ4v) is 2.39. The maximum atomic E-state index is 10.4. The van der Waals surface area contributed by atoms with Gasteiger partial charge >= 0.3 is 0 Å². The summed E-state index contributed by atoms with van der Waals surface area (Å²) in [5.41, 5.74) is 2.87. The Bertz CT molecular complexity index is 738. The van der Waals surface area contributed by atoms with Crippen LogP contribution in [0.4, 0.5) is 0 Å². The van der Waals surface area contributed by atoms with Crippen LogP contribution in [-0.2, 0) is 6.42 Å². The average molecular weight is 279 g/mol. The maximum absolute atomic E-state index is 10.4. The molecule has 0 aliphatic rings. The summed E-state index contributed by atoms with van der Waals surface area (Å²) in [6.07, 6.45) is 1.80. The number of rotatable bonds is 4. The smallest absolute Gasteiger partial charge is 0.118 e. The molecule has 0 bridgehead atoms. The molecule has 1 aromatic heterocycles. The number of pyridine rings is 1. The highest BCUT2D eigenvalue weighted by Gasteiger charge is 2.09. The lowest BCUT2D eigenvalue weighted by molar-refractivity contribution is 0.178. The third-order valence-corrected chi connectivity index (χ3v) is 3.60. The average Bonchev–Trinajstić information content (AvgIpc) is 2.55.